The second-order valence-corrected chi connectivity index (χ2v) is 15.6. The number of nitrogens with zero attached hydrogens (tertiary/aromatic N) is 2. The molecule has 5 aromatic carbocycles. The van der Waals surface area contributed by atoms with Gasteiger partial charge in [0.1, 0.15) is 0 Å². The van der Waals surface area contributed by atoms with Crippen LogP contribution in [0, 0.1) is 0 Å². The molecule has 5 aliphatic rings. The van der Waals surface area contributed by atoms with Gasteiger partial charge in [0.15, 0.2) is 0 Å². The molecule has 1 aliphatic heterocycles. The van der Waals surface area contributed by atoms with Gasteiger partial charge < -0.3 is 9.80 Å². The molecule has 2 heteroatoms. The van der Waals surface area contributed by atoms with Crippen molar-refractivity contribution in [3.05, 3.63) is 210 Å². The summed E-state index contributed by atoms with van der Waals surface area (Å²) in [6.07, 6.45) is 25.6. The summed E-state index contributed by atoms with van der Waals surface area (Å²) in [6, 6.07) is 45.7. The molecule has 10 rings (SSSR count). The fourth-order valence-corrected chi connectivity index (χ4v) is 9.58. The van der Waals surface area contributed by atoms with Gasteiger partial charge in [-0.15, -0.1) is 0 Å². The second-order valence-electron chi connectivity index (χ2n) is 15.6. The highest BCUT2D eigenvalue weighted by Crippen LogP contribution is 2.51. The molecule has 5 aromatic rings. The number of rotatable bonds is 6. The first-order valence-electron chi connectivity index (χ1n) is 19.2. The average molecular weight is 685 g/mol. The van der Waals surface area contributed by atoms with Crippen molar-refractivity contribution in [2.75, 3.05) is 9.80 Å². The van der Waals surface area contributed by atoms with Gasteiger partial charge in [-0.2, -0.15) is 0 Å². The zero-order chi connectivity index (χ0) is 35.5. The van der Waals surface area contributed by atoms with Gasteiger partial charge in [-0.3, -0.25) is 0 Å². The molecule has 0 saturated heterocycles. The Morgan fingerprint density at radius 3 is 1.98 bits per heavy atom. The van der Waals surface area contributed by atoms with E-state index in [1.807, 2.05) is 0 Å². The highest BCUT2D eigenvalue weighted by Gasteiger charge is 2.38. The van der Waals surface area contributed by atoms with Crippen molar-refractivity contribution in [1.82, 2.24) is 0 Å². The van der Waals surface area contributed by atoms with E-state index in [0.29, 0.717) is 12.0 Å². The molecule has 0 saturated carbocycles. The van der Waals surface area contributed by atoms with Crippen LogP contribution in [0.1, 0.15) is 60.4 Å². The fraction of sp³-hybridized carbons (Fsp3) is 0.176. The predicted octanol–water partition coefficient (Wildman–Crippen LogP) is 12.4. The van der Waals surface area contributed by atoms with Gasteiger partial charge in [-0.1, -0.05) is 160 Å². The van der Waals surface area contributed by atoms with Crippen LogP contribution < -0.4 is 9.80 Å². The van der Waals surface area contributed by atoms with Crippen LogP contribution in [0.2, 0.25) is 0 Å². The molecule has 4 atom stereocenters. The van der Waals surface area contributed by atoms with Crippen molar-refractivity contribution in [1.29, 1.82) is 0 Å². The molecule has 0 aromatic heterocycles. The average Bonchev–Trinajstić information content (AvgIpc) is 3.67. The lowest BCUT2D eigenvalue weighted by Crippen LogP contribution is -2.42. The Hall–Kier alpha value is -5.86. The number of allylic oxidation sites excluding steroid dienone is 6. The van der Waals surface area contributed by atoms with Crippen LogP contribution in [-0.2, 0) is 5.41 Å². The molecule has 258 valence electrons. The smallest absolute Gasteiger partial charge is 0.0629 e. The summed E-state index contributed by atoms with van der Waals surface area (Å²) in [5.41, 5.74) is 16.0. The molecule has 0 bridgehead atoms. The minimum Gasteiger partial charge on any atom is -0.358 e. The lowest BCUT2D eigenvalue weighted by atomic mass is 9.82. The monoisotopic (exact) mass is 684 g/mol. The topological polar surface area (TPSA) is 6.48 Å². The van der Waals surface area contributed by atoms with E-state index in [9.17, 15) is 0 Å². The normalized spacial score (nSPS) is 22.8. The van der Waals surface area contributed by atoms with E-state index in [1.165, 1.54) is 67.2 Å². The molecule has 2 nitrogen and oxygen atoms in total. The van der Waals surface area contributed by atoms with Gasteiger partial charge in [0.25, 0.3) is 0 Å². The number of hydrogen-bond acceptors (Lipinski definition) is 2. The third kappa shape index (κ3) is 5.31. The second kappa shape index (κ2) is 12.7. The fourth-order valence-electron chi connectivity index (χ4n) is 9.58. The maximum absolute atomic E-state index is 2.68. The van der Waals surface area contributed by atoms with Crippen LogP contribution in [0.3, 0.4) is 0 Å². The molecule has 53 heavy (non-hydrogen) atoms. The largest absolute Gasteiger partial charge is 0.358 e. The summed E-state index contributed by atoms with van der Waals surface area (Å²) in [7, 11) is 0. The zero-order valence-electron chi connectivity index (χ0n) is 30.4. The van der Waals surface area contributed by atoms with E-state index in [0.717, 1.165) is 12.8 Å². The minimum absolute atomic E-state index is 0.0438. The van der Waals surface area contributed by atoms with Crippen molar-refractivity contribution in [3.8, 4) is 11.1 Å². The standard InChI is InChI=1S/C51H44N2/c1-51(2)47-19-11-9-17-43(47)44-31-30-42(34-48(44)51)52(40-26-21-36(22-27-40)35-13-5-3-6-14-35)41-28-23-37(24-29-41)38-25-32-50-46(33-38)45-18-10-12-20-49(45)53(50)39-15-7-4-8-16-39/h3-26,28,30-34,40-41,45,49H,27,29H2,1-2H3. The SMILES string of the molecule is CC1(C)c2ccccc2-c2ccc(N(C3C=CC(c4ccccc4)=CC3)C3C=CC(c4ccc5c(c4)C4C=CC=CC4N5c4ccccc4)=CC3)cc21. The summed E-state index contributed by atoms with van der Waals surface area (Å²) in [5.74, 6) is 0.341. The molecular weight excluding hydrogens is 641 g/mol. The van der Waals surface area contributed by atoms with Crippen molar-refractivity contribution >= 4 is 28.2 Å². The lowest BCUT2D eigenvalue weighted by molar-refractivity contribution is 0.614. The molecular formula is C51H44N2. The van der Waals surface area contributed by atoms with Crippen molar-refractivity contribution in [2.45, 2.75) is 56.1 Å². The first-order valence-corrected chi connectivity index (χ1v) is 19.2. The summed E-state index contributed by atoms with van der Waals surface area (Å²) >= 11 is 0. The molecule has 4 aliphatic carbocycles. The van der Waals surface area contributed by atoms with E-state index >= 15 is 0 Å². The van der Waals surface area contributed by atoms with Gasteiger partial charge in [0, 0.05) is 28.4 Å². The number of para-hydroxylation sites is 1. The van der Waals surface area contributed by atoms with Gasteiger partial charge in [0.05, 0.1) is 18.1 Å². The quantitative estimate of drug-likeness (QED) is 0.176. The van der Waals surface area contributed by atoms with E-state index in [2.05, 4.69) is 206 Å². The highest BCUT2D eigenvalue weighted by molar-refractivity contribution is 5.84. The summed E-state index contributed by atoms with van der Waals surface area (Å²) < 4.78 is 0. The van der Waals surface area contributed by atoms with Crippen molar-refractivity contribution in [2.24, 2.45) is 0 Å². The molecule has 0 spiro atoms. The Bertz CT molecular complexity index is 2400. The first-order chi connectivity index (χ1) is 26.0. The van der Waals surface area contributed by atoms with Crippen LogP contribution in [0.4, 0.5) is 17.1 Å². The number of hydrogen-bond donors (Lipinski definition) is 0. The Morgan fingerprint density at radius 1 is 0.585 bits per heavy atom. The van der Waals surface area contributed by atoms with Crippen LogP contribution in [0.15, 0.2) is 182 Å². The van der Waals surface area contributed by atoms with Gasteiger partial charge >= 0.3 is 0 Å². The van der Waals surface area contributed by atoms with Crippen molar-refractivity contribution in [3.63, 3.8) is 0 Å². The summed E-state index contributed by atoms with van der Waals surface area (Å²) in [4.78, 5) is 5.19. The Labute approximate surface area is 314 Å². The third-order valence-corrected chi connectivity index (χ3v) is 12.3. The van der Waals surface area contributed by atoms with Crippen LogP contribution in [0.25, 0.3) is 22.3 Å². The molecule has 0 fully saturated rings. The van der Waals surface area contributed by atoms with E-state index in [1.54, 1.807) is 0 Å². The third-order valence-electron chi connectivity index (χ3n) is 12.3. The van der Waals surface area contributed by atoms with Gasteiger partial charge in [0.2, 0.25) is 0 Å². The molecule has 0 radical (unpaired) electrons. The van der Waals surface area contributed by atoms with E-state index < -0.39 is 0 Å². The lowest BCUT2D eigenvalue weighted by Gasteiger charge is -2.40. The van der Waals surface area contributed by atoms with Gasteiger partial charge in [-0.05, 0) is 99.3 Å². The van der Waals surface area contributed by atoms with Crippen LogP contribution >= 0.6 is 0 Å². The summed E-state index contributed by atoms with van der Waals surface area (Å²) in [6.45, 7) is 4.77. The van der Waals surface area contributed by atoms with Gasteiger partial charge in [-0.25, -0.2) is 0 Å². The minimum atomic E-state index is -0.0438. The van der Waals surface area contributed by atoms with Crippen LogP contribution in [0.5, 0.6) is 0 Å². The highest BCUT2D eigenvalue weighted by atomic mass is 15.2. The Kier molecular flexibility index (Phi) is 7.61. The zero-order valence-corrected chi connectivity index (χ0v) is 30.4. The van der Waals surface area contributed by atoms with E-state index in [4.69, 9.17) is 0 Å². The van der Waals surface area contributed by atoms with Crippen molar-refractivity contribution < 1.29 is 0 Å². The number of anilines is 3. The summed E-state index contributed by atoms with van der Waals surface area (Å²) in [5, 5.41) is 0. The molecule has 4 unspecified atom stereocenters. The molecule has 0 amide bonds. The Balaban J connectivity index is 0.977. The molecule has 1 heterocycles. The first kappa shape index (κ1) is 31.8. The maximum atomic E-state index is 2.68. The van der Waals surface area contributed by atoms with Crippen LogP contribution in [-0.4, -0.2) is 18.1 Å². The predicted molar refractivity (Wildman–Crippen MR) is 224 cm³/mol. The number of fused-ring (bicyclic) bond motifs is 6. The number of benzene rings is 5. The molecule has 0 N–H and O–H groups in total. The maximum Gasteiger partial charge on any atom is 0.0629 e. The Morgan fingerprint density at radius 2 is 1.25 bits per heavy atom. The van der Waals surface area contributed by atoms with E-state index in [-0.39, 0.29) is 17.5 Å².